The first-order valence-electron chi connectivity index (χ1n) is 20.5. The number of likely N-dealkylation sites (tertiary alicyclic amines) is 1. The number of hydrogen-bond acceptors (Lipinski definition) is 10. The molecule has 1 aliphatic heterocycles. The number of alkyl carbamates (subject to hydrolysis) is 1. The second-order valence-electron chi connectivity index (χ2n) is 15.6. The van der Waals surface area contributed by atoms with E-state index >= 15 is 9.59 Å². The van der Waals surface area contributed by atoms with Gasteiger partial charge in [-0.05, 0) is 0 Å². The van der Waals surface area contributed by atoms with E-state index in [0.717, 1.165) is 5.56 Å². The number of amides is 2. The van der Waals surface area contributed by atoms with Gasteiger partial charge in [0, 0.05) is 0 Å². The number of rotatable bonds is 17. The van der Waals surface area contributed by atoms with E-state index in [1.165, 1.54) is 24.3 Å². The van der Waals surface area contributed by atoms with Crippen molar-refractivity contribution in [3.8, 4) is 0 Å². The minimum absolute atomic E-state index is 0.185. The van der Waals surface area contributed by atoms with Crippen molar-refractivity contribution in [2.24, 2.45) is 11.8 Å². The summed E-state index contributed by atoms with van der Waals surface area (Å²) in [5, 5.41) is 28.3. The second kappa shape index (κ2) is 19.1. The Morgan fingerprint density at radius 1 is 0.656 bits per heavy atom. The van der Waals surface area contributed by atoms with Crippen molar-refractivity contribution in [1.29, 1.82) is 0 Å². The van der Waals surface area contributed by atoms with E-state index in [2.05, 4.69) is 5.32 Å². The molecule has 1 heterocycles. The van der Waals surface area contributed by atoms with E-state index < -0.39 is 58.8 Å². The van der Waals surface area contributed by atoms with Crippen LogP contribution in [-0.2, 0) is 27.5 Å². The third-order valence-corrected chi connectivity index (χ3v) is 18.8. The van der Waals surface area contributed by atoms with Gasteiger partial charge < -0.3 is 0 Å². The molecule has 0 saturated carbocycles. The molecule has 0 radical (unpaired) electrons. The Kier molecular flexibility index (Phi) is 13.4. The summed E-state index contributed by atoms with van der Waals surface area (Å²) in [4.78, 5) is 69.6. The summed E-state index contributed by atoms with van der Waals surface area (Å²) in [7, 11) is 0. The van der Waals surface area contributed by atoms with Crippen LogP contribution in [0.15, 0.2) is 170 Å². The summed E-state index contributed by atoms with van der Waals surface area (Å²) < 4.78 is 11.9. The molecular formula is C49H45N4O9PS. The van der Waals surface area contributed by atoms with Gasteiger partial charge in [-0.25, -0.2) is 0 Å². The van der Waals surface area contributed by atoms with Crippen LogP contribution in [0, 0.1) is 32.1 Å². The van der Waals surface area contributed by atoms with Crippen molar-refractivity contribution in [3.05, 3.63) is 207 Å². The van der Waals surface area contributed by atoms with Crippen molar-refractivity contribution < 1.29 is 33.7 Å². The van der Waals surface area contributed by atoms with E-state index in [1.807, 2.05) is 128 Å². The number of nitro groups is 2. The van der Waals surface area contributed by atoms with Gasteiger partial charge >= 0.3 is 360 Å². The number of benzene rings is 6. The quantitative estimate of drug-likeness (QED) is 0.0233. The van der Waals surface area contributed by atoms with Gasteiger partial charge in [0.25, 0.3) is 0 Å². The summed E-state index contributed by atoms with van der Waals surface area (Å²) in [6, 6.07) is 47.4. The van der Waals surface area contributed by atoms with Crippen LogP contribution in [0.1, 0.15) is 30.5 Å². The number of hydrogen-bond donors (Lipinski definition) is 1. The number of β-lactam (4-membered cyclic amide) rings is 1. The summed E-state index contributed by atoms with van der Waals surface area (Å²) in [6.07, 6.45) is -1.07. The molecule has 6 aromatic rings. The fraction of sp³-hybridized carbons (Fsp3) is 0.184. The molecule has 0 bridgehead atoms. The Morgan fingerprint density at radius 2 is 1.06 bits per heavy atom. The van der Waals surface area contributed by atoms with Crippen molar-refractivity contribution in [2.45, 2.75) is 39.1 Å². The molecule has 4 atom stereocenters. The van der Waals surface area contributed by atoms with Gasteiger partial charge in [0.05, 0.1) is 0 Å². The second-order valence-corrected chi connectivity index (χ2v) is 20.9. The van der Waals surface area contributed by atoms with Crippen molar-refractivity contribution in [2.75, 3.05) is 6.29 Å². The zero-order valence-electron chi connectivity index (χ0n) is 35.0. The minimum atomic E-state index is -4.80. The van der Waals surface area contributed by atoms with Crippen LogP contribution in [-0.4, -0.2) is 55.7 Å². The molecule has 0 aliphatic carbocycles. The van der Waals surface area contributed by atoms with Crippen molar-refractivity contribution >= 4 is 68.7 Å². The van der Waals surface area contributed by atoms with Gasteiger partial charge in [0.1, 0.15) is 0 Å². The van der Waals surface area contributed by atoms with E-state index in [4.69, 9.17) is 21.7 Å². The van der Waals surface area contributed by atoms with Crippen molar-refractivity contribution in [3.63, 3.8) is 0 Å². The molecule has 326 valence electrons. The van der Waals surface area contributed by atoms with E-state index in [9.17, 15) is 25.0 Å². The number of thiocarbonyl (C=S) groups is 1. The SMILES string of the molecule is CC(NC(=O)OCc1ccccc1[N+](=O)[O-])C1C(=O)N(CP(C(=O)OCc2ccccc2[N+](=O)[O-])(c2ccccc2)(c2ccccc2)c2ccccc2)C1C(C)C(=S)c1ccccc1. The molecule has 64 heavy (non-hydrogen) atoms. The fourth-order valence-corrected chi connectivity index (χ4v) is 15.1. The number of nitrogens with zero attached hydrogens (tertiary/aromatic N) is 3. The summed E-state index contributed by atoms with van der Waals surface area (Å²) in [5.41, 5.74) is 0.0899. The number of para-hydroxylation sites is 2. The predicted molar refractivity (Wildman–Crippen MR) is 251 cm³/mol. The molecule has 13 nitrogen and oxygen atoms in total. The summed E-state index contributed by atoms with van der Waals surface area (Å²) in [6.45, 7) is -2.01. The van der Waals surface area contributed by atoms with E-state index in [0.29, 0.717) is 20.8 Å². The third-order valence-electron chi connectivity index (χ3n) is 12.1. The van der Waals surface area contributed by atoms with Crippen LogP contribution >= 0.6 is 18.8 Å². The maximum absolute atomic E-state index is 16.1. The topological polar surface area (TPSA) is 171 Å². The van der Waals surface area contributed by atoms with Crippen LogP contribution in [0.3, 0.4) is 0 Å². The van der Waals surface area contributed by atoms with Gasteiger partial charge in [-0.3, -0.25) is 10.1 Å². The average Bonchev–Trinajstić information content (AvgIpc) is 3.33. The van der Waals surface area contributed by atoms with Gasteiger partial charge in [-0.1, -0.05) is 6.07 Å². The Labute approximate surface area is 375 Å². The van der Waals surface area contributed by atoms with Crippen LogP contribution < -0.4 is 21.2 Å². The number of carbonyl (C=O) groups is 3. The molecule has 1 fully saturated rings. The third kappa shape index (κ3) is 8.25. The first kappa shape index (κ1) is 44.9. The molecular weight excluding hydrogens is 852 g/mol. The van der Waals surface area contributed by atoms with Gasteiger partial charge in [0.15, 0.2) is 0 Å². The first-order valence-corrected chi connectivity index (χ1v) is 23.3. The van der Waals surface area contributed by atoms with Crippen LogP contribution in [0.5, 0.6) is 0 Å². The number of ether oxygens (including phenoxy) is 2. The predicted octanol–water partition coefficient (Wildman–Crippen LogP) is 8.82. The number of nitro benzene ring substituents is 2. The van der Waals surface area contributed by atoms with E-state index in [-0.39, 0.29) is 41.3 Å². The summed E-state index contributed by atoms with van der Waals surface area (Å²) >= 11 is 6.16. The molecule has 4 unspecified atom stereocenters. The molecule has 2 amide bonds. The zero-order valence-corrected chi connectivity index (χ0v) is 36.7. The zero-order chi connectivity index (χ0) is 45.5. The Balaban J connectivity index is 1.36. The molecule has 1 aliphatic rings. The fourth-order valence-electron chi connectivity index (χ4n) is 8.88. The molecule has 15 heteroatoms. The summed E-state index contributed by atoms with van der Waals surface area (Å²) in [5.74, 6) is -1.76. The maximum atomic E-state index is 16.1. The van der Waals surface area contributed by atoms with Crippen molar-refractivity contribution in [1.82, 2.24) is 10.2 Å². The monoisotopic (exact) mass is 896 g/mol. The standard InChI is InChI=1S/C49H45N4O9PS/c1-34(46(64)36-19-7-3-8-20-36)45-44(35(2)50-48(55)61-31-37-21-15-17-29-42(37)52(57)58)47(54)51(45)33-63(39-23-9-4-10-24-39,40-25-11-5-12-26-40,41-27-13-6-14-28-41)49(56)62-32-38-22-16-18-30-43(38)53(59)60/h3-30,34-35,44-45H,31-33H2,1-2H3,(H,50,55). The number of carbonyl (C=O) groups excluding carboxylic acids is 3. The molecule has 7 rings (SSSR count). The molecule has 6 aromatic carbocycles. The molecule has 0 spiro atoms. The Morgan fingerprint density at radius 3 is 1.52 bits per heavy atom. The van der Waals surface area contributed by atoms with Crippen LogP contribution in [0.2, 0.25) is 0 Å². The molecule has 1 saturated heterocycles. The molecule has 1 N–H and O–H groups in total. The van der Waals surface area contributed by atoms with Gasteiger partial charge in [-0.15, -0.1) is 0 Å². The van der Waals surface area contributed by atoms with Crippen LogP contribution in [0.4, 0.5) is 21.0 Å². The average molecular weight is 897 g/mol. The normalized spacial score (nSPS) is 16.2. The Bertz CT molecular complexity index is 2590. The molecule has 0 aromatic heterocycles. The Hall–Kier alpha value is -7.15. The van der Waals surface area contributed by atoms with Crippen LogP contribution in [0.25, 0.3) is 0 Å². The van der Waals surface area contributed by atoms with Gasteiger partial charge in [0.2, 0.25) is 0 Å². The first-order chi connectivity index (χ1) is 30.9. The number of nitrogens with one attached hydrogen (secondary N) is 1. The van der Waals surface area contributed by atoms with E-state index in [1.54, 1.807) is 36.1 Å². The van der Waals surface area contributed by atoms with Gasteiger partial charge in [-0.2, -0.15) is 0 Å².